The summed E-state index contributed by atoms with van der Waals surface area (Å²) in [5.74, 6) is 0. The van der Waals surface area contributed by atoms with Crippen molar-refractivity contribution in [2.24, 2.45) is 0 Å². The molecule has 2 saturated carbocycles. The Balaban J connectivity index is 0.000000177. The number of hydrogen-bond donors (Lipinski definition) is 2. The van der Waals surface area contributed by atoms with Gasteiger partial charge in [0.15, 0.2) is 0 Å². The Hall–Kier alpha value is -1.11. The number of benzene rings is 1. The largest absolute Gasteiger partial charge is 0.744 e. The highest BCUT2D eigenvalue weighted by Gasteiger charge is 2.22. The Bertz CT molecular complexity index is 559. The van der Waals surface area contributed by atoms with E-state index in [1.807, 2.05) is 0 Å². The van der Waals surface area contributed by atoms with Gasteiger partial charge in [-0.15, -0.1) is 0 Å². The van der Waals surface area contributed by atoms with Crippen molar-refractivity contribution in [2.75, 3.05) is 5.73 Å². The van der Waals surface area contributed by atoms with Gasteiger partial charge in [-0.05, 0) is 75.6 Å². The molecule has 24 heavy (non-hydrogen) atoms. The van der Waals surface area contributed by atoms with Crippen molar-refractivity contribution in [1.82, 2.24) is 0 Å². The third kappa shape index (κ3) is 6.79. The third-order valence-corrected chi connectivity index (χ3v) is 5.86. The van der Waals surface area contributed by atoms with Crippen molar-refractivity contribution in [1.29, 1.82) is 0 Å². The first kappa shape index (κ1) is 19.2. The Morgan fingerprint density at radius 2 is 1.25 bits per heavy atom. The molecule has 0 radical (unpaired) electrons. The summed E-state index contributed by atoms with van der Waals surface area (Å²) in [6.07, 6.45) is 15.0. The van der Waals surface area contributed by atoms with E-state index in [0.29, 0.717) is 5.69 Å². The number of nitrogens with two attached hydrogens (primary N) is 2. The zero-order valence-electron chi connectivity index (χ0n) is 14.3. The Kier molecular flexibility index (Phi) is 7.52. The lowest BCUT2D eigenvalue weighted by atomic mass is 9.91. The Morgan fingerprint density at radius 1 is 0.833 bits per heavy atom. The molecule has 1 aromatic carbocycles. The van der Waals surface area contributed by atoms with Gasteiger partial charge in [0.1, 0.15) is 10.1 Å². The second kappa shape index (κ2) is 9.39. The van der Waals surface area contributed by atoms with Crippen LogP contribution < -0.4 is 11.1 Å². The maximum Gasteiger partial charge on any atom is 0.124 e. The number of rotatable bonds is 3. The van der Waals surface area contributed by atoms with E-state index in [2.05, 4.69) is 5.32 Å². The second-order valence-electron chi connectivity index (χ2n) is 7.01. The van der Waals surface area contributed by atoms with Gasteiger partial charge in [-0.25, -0.2) is 8.42 Å². The molecule has 0 heterocycles. The van der Waals surface area contributed by atoms with Crippen molar-refractivity contribution in [3.63, 3.8) is 0 Å². The van der Waals surface area contributed by atoms with Crippen LogP contribution in [0.25, 0.3) is 0 Å². The van der Waals surface area contributed by atoms with E-state index < -0.39 is 10.1 Å². The zero-order chi connectivity index (χ0) is 17.4. The molecule has 0 atom stereocenters. The van der Waals surface area contributed by atoms with E-state index in [0.717, 1.165) is 12.1 Å². The van der Waals surface area contributed by atoms with Crippen molar-refractivity contribution in [2.45, 2.75) is 81.2 Å². The van der Waals surface area contributed by atoms with Crippen molar-refractivity contribution in [3.05, 3.63) is 24.3 Å². The smallest absolute Gasteiger partial charge is 0.124 e. The van der Waals surface area contributed by atoms with E-state index in [4.69, 9.17) is 5.73 Å². The van der Waals surface area contributed by atoms with Crippen LogP contribution in [0.5, 0.6) is 0 Å². The highest BCUT2D eigenvalue weighted by atomic mass is 32.2. The van der Waals surface area contributed by atoms with Crippen LogP contribution in [0.2, 0.25) is 0 Å². The minimum absolute atomic E-state index is 0.258. The minimum Gasteiger partial charge on any atom is -0.744 e. The standard InChI is InChI=1S/C12H23N.C6H7NO3S/c1-3-7-11(8-4-1)13-12-9-5-2-6-10-12;7-5-1-3-6(4-2-5)11(8,9)10/h11-13H,1-10H2;1-4H,7H2,(H,8,9,10). The van der Waals surface area contributed by atoms with Gasteiger partial charge in [0.05, 0.1) is 17.0 Å². The molecule has 1 aromatic rings. The monoisotopic (exact) mass is 354 g/mol. The van der Waals surface area contributed by atoms with E-state index in [1.165, 1.54) is 88.5 Å². The Morgan fingerprint density at radius 3 is 1.62 bits per heavy atom. The summed E-state index contributed by atoms with van der Waals surface area (Å²) >= 11 is 0. The first-order chi connectivity index (χ1) is 11.4. The zero-order valence-corrected chi connectivity index (χ0v) is 15.1. The van der Waals surface area contributed by atoms with Crippen molar-refractivity contribution >= 4 is 15.8 Å². The lowest BCUT2D eigenvalue weighted by Crippen LogP contribution is -2.95. The number of nitrogen functional groups attached to an aromatic ring is 1. The fraction of sp³-hybridized carbons (Fsp3) is 0.667. The van der Waals surface area contributed by atoms with Crippen LogP contribution in [0.3, 0.4) is 0 Å². The number of hydrogen-bond acceptors (Lipinski definition) is 4. The summed E-state index contributed by atoms with van der Waals surface area (Å²) in [6.45, 7) is 0. The lowest BCUT2D eigenvalue weighted by Gasteiger charge is -2.27. The molecule has 136 valence electrons. The van der Waals surface area contributed by atoms with Gasteiger partial charge in [0, 0.05) is 5.69 Å². The maximum absolute atomic E-state index is 10.3. The summed E-state index contributed by atoms with van der Waals surface area (Å²) in [5.41, 5.74) is 5.70. The fourth-order valence-corrected chi connectivity index (χ4v) is 4.14. The second-order valence-corrected chi connectivity index (χ2v) is 8.39. The molecule has 2 fully saturated rings. The summed E-state index contributed by atoms with van der Waals surface area (Å²) in [5, 5.41) is 2.72. The molecule has 2 aliphatic rings. The quantitative estimate of drug-likeness (QED) is 0.643. The molecule has 0 amide bonds. The molecular weight excluding hydrogens is 324 g/mol. The van der Waals surface area contributed by atoms with Crippen LogP contribution in [0.4, 0.5) is 5.69 Å². The lowest BCUT2D eigenvalue weighted by molar-refractivity contribution is -0.725. The Labute approximate surface area is 145 Å². The molecule has 0 saturated heterocycles. The maximum atomic E-state index is 10.3. The van der Waals surface area contributed by atoms with E-state index in [9.17, 15) is 13.0 Å². The summed E-state index contributed by atoms with van der Waals surface area (Å²) in [4.78, 5) is -0.258. The average Bonchev–Trinajstić information content (AvgIpc) is 2.57. The highest BCUT2D eigenvalue weighted by Crippen LogP contribution is 2.18. The molecule has 0 bridgehead atoms. The molecule has 3 rings (SSSR count). The van der Waals surface area contributed by atoms with Crippen LogP contribution in [-0.2, 0) is 10.1 Å². The molecule has 0 spiro atoms. The van der Waals surface area contributed by atoms with Crippen LogP contribution in [0.1, 0.15) is 64.2 Å². The number of anilines is 1. The van der Waals surface area contributed by atoms with Gasteiger partial charge in [0.25, 0.3) is 0 Å². The topological polar surface area (TPSA) is 99.8 Å². The van der Waals surface area contributed by atoms with Crippen LogP contribution in [-0.4, -0.2) is 25.1 Å². The molecule has 0 aromatic heterocycles. The van der Waals surface area contributed by atoms with E-state index in [1.54, 1.807) is 0 Å². The third-order valence-electron chi connectivity index (χ3n) is 5.01. The molecular formula is C18H30N2O3S. The summed E-state index contributed by atoms with van der Waals surface area (Å²) < 4.78 is 31.0. The first-order valence-corrected chi connectivity index (χ1v) is 10.5. The van der Waals surface area contributed by atoms with Crippen LogP contribution >= 0.6 is 0 Å². The van der Waals surface area contributed by atoms with E-state index in [-0.39, 0.29) is 4.90 Å². The van der Waals surface area contributed by atoms with Gasteiger partial charge in [-0.1, -0.05) is 12.8 Å². The highest BCUT2D eigenvalue weighted by molar-refractivity contribution is 7.85. The SMILES string of the molecule is C1CCC([NH2+]C2CCCCC2)CC1.Nc1ccc(S(=O)(=O)[O-])cc1. The molecule has 5 nitrogen and oxygen atoms in total. The van der Waals surface area contributed by atoms with E-state index >= 15 is 0 Å². The fourth-order valence-electron chi connectivity index (χ4n) is 3.67. The molecule has 0 aliphatic heterocycles. The summed E-state index contributed by atoms with van der Waals surface area (Å²) in [6, 6.07) is 7.08. The molecule has 2 aliphatic carbocycles. The first-order valence-electron chi connectivity index (χ1n) is 9.11. The van der Waals surface area contributed by atoms with Gasteiger partial charge in [-0.2, -0.15) is 0 Å². The van der Waals surface area contributed by atoms with Crippen molar-refractivity contribution < 1.29 is 18.3 Å². The van der Waals surface area contributed by atoms with Gasteiger partial charge in [0.2, 0.25) is 0 Å². The molecule has 0 unspecified atom stereocenters. The van der Waals surface area contributed by atoms with Crippen LogP contribution in [0, 0.1) is 0 Å². The molecule has 6 heteroatoms. The van der Waals surface area contributed by atoms with Gasteiger partial charge >= 0.3 is 0 Å². The normalized spacial score (nSPS) is 20.2. The van der Waals surface area contributed by atoms with Gasteiger partial charge in [-0.3, -0.25) is 0 Å². The number of quaternary nitrogens is 1. The summed E-state index contributed by atoms with van der Waals surface area (Å²) in [7, 11) is -4.33. The minimum atomic E-state index is -4.33. The predicted octanol–water partition coefficient (Wildman–Crippen LogP) is 2.39. The van der Waals surface area contributed by atoms with Crippen LogP contribution in [0.15, 0.2) is 29.2 Å². The van der Waals surface area contributed by atoms with Crippen molar-refractivity contribution in [3.8, 4) is 0 Å². The van der Waals surface area contributed by atoms with Gasteiger partial charge < -0.3 is 15.6 Å². The molecule has 4 N–H and O–H groups in total. The average molecular weight is 355 g/mol. The predicted molar refractivity (Wildman–Crippen MR) is 94.5 cm³/mol.